The molecule has 0 saturated heterocycles. The van der Waals surface area contributed by atoms with E-state index in [0.717, 1.165) is 5.56 Å². The molecule has 0 fully saturated rings. The minimum atomic E-state index is -0.524. The standard InChI is InChI=1S/C16H21Cl2NO2/c1-5-10-19(15(20)21-16(2,3)4)11-9-12-7-6-8-13(17)14(12)18/h5-8H,1,9-11H2,2-4H3. The van der Waals surface area contributed by atoms with Gasteiger partial charge in [-0.25, -0.2) is 4.79 Å². The van der Waals surface area contributed by atoms with Crippen molar-refractivity contribution in [1.29, 1.82) is 0 Å². The number of halogens is 2. The van der Waals surface area contributed by atoms with Gasteiger partial charge in [0, 0.05) is 13.1 Å². The molecule has 0 bridgehead atoms. The van der Waals surface area contributed by atoms with Crippen LogP contribution in [0.3, 0.4) is 0 Å². The Morgan fingerprint density at radius 1 is 1.38 bits per heavy atom. The van der Waals surface area contributed by atoms with E-state index >= 15 is 0 Å². The van der Waals surface area contributed by atoms with Gasteiger partial charge in [-0.2, -0.15) is 0 Å². The molecule has 0 aliphatic rings. The molecule has 1 amide bonds. The minimum absolute atomic E-state index is 0.361. The maximum atomic E-state index is 12.1. The van der Waals surface area contributed by atoms with Crippen LogP contribution in [0.4, 0.5) is 4.79 Å². The normalized spacial score (nSPS) is 11.1. The van der Waals surface area contributed by atoms with Crippen molar-refractivity contribution in [2.75, 3.05) is 13.1 Å². The molecule has 0 aromatic heterocycles. The van der Waals surface area contributed by atoms with Gasteiger partial charge in [-0.15, -0.1) is 6.58 Å². The van der Waals surface area contributed by atoms with Crippen molar-refractivity contribution in [3.8, 4) is 0 Å². The summed E-state index contributed by atoms with van der Waals surface area (Å²) in [4.78, 5) is 13.7. The lowest BCUT2D eigenvalue weighted by atomic mass is 10.1. The molecule has 0 aliphatic carbocycles. The zero-order valence-electron chi connectivity index (χ0n) is 12.7. The van der Waals surface area contributed by atoms with Crippen molar-refractivity contribution < 1.29 is 9.53 Å². The van der Waals surface area contributed by atoms with Crippen LogP contribution in [0.1, 0.15) is 26.3 Å². The lowest BCUT2D eigenvalue weighted by molar-refractivity contribution is 0.0274. The Balaban J connectivity index is 2.73. The second-order valence-electron chi connectivity index (χ2n) is 5.68. The summed E-state index contributed by atoms with van der Waals surface area (Å²) in [6.07, 6.45) is 1.91. The Bertz CT molecular complexity index is 509. The van der Waals surface area contributed by atoms with Crippen molar-refractivity contribution in [3.05, 3.63) is 46.5 Å². The molecular formula is C16H21Cl2NO2. The van der Waals surface area contributed by atoms with E-state index in [-0.39, 0.29) is 6.09 Å². The van der Waals surface area contributed by atoms with Crippen LogP contribution in [0, 0.1) is 0 Å². The van der Waals surface area contributed by atoms with Gasteiger partial charge in [0.05, 0.1) is 10.0 Å². The van der Waals surface area contributed by atoms with Gasteiger partial charge in [0.1, 0.15) is 5.60 Å². The van der Waals surface area contributed by atoms with Gasteiger partial charge < -0.3 is 9.64 Å². The minimum Gasteiger partial charge on any atom is -0.444 e. The molecule has 1 rings (SSSR count). The summed E-state index contributed by atoms with van der Waals surface area (Å²) in [6.45, 7) is 10.1. The van der Waals surface area contributed by atoms with Crippen molar-refractivity contribution in [2.45, 2.75) is 32.8 Å². The van der Waals surface area contributed by atoms with E-state index in [1.165, 1.54) is 0 Å². The Morgan fingerprint density at radius 3 is 2.62 bits per heavy atom. The number of rotatable bonds is 5. The second-order valence-corrected chi connectivity index (χ2v) is 6.46. The van der Waals surface area contributed by atoms with Gasteiger partial charge in [0.2, 0.25) is 0 Å². The molecule has 1 aromatic carbocycles. The molecule has 3 nitrogen and oxygen atoms in total. The predicted octanol–water partition coefficient (Wildman–Crippen LogP) is 4.96. The van der Waals surface area contributed by atoms with Crippen LogP contribution in [0.5, 0.6) is 0 Å². The first-order valence-corrected chi connectivity index (χ1v) is 7.52. The first kappa shape index (κ1) is 17.9. The van der Waals surface area contributed by atoms with E-state index in [0.29, 0.717) is 29.6 Å². The third kappa shape index (κ3) is 5.98. The molecule has 0 aliphatic heterocycles. The molecule has 0 saturated carbocycles. The van der Waals surface area contributed by atoms with Crippen LogP contribution < -0.4 is 0 Å². The third-order valence-corrected chi connectivity index (χ3v) is 3.54. The van der Waals surface area contributed by atoms with Crippen LogP contribution in [-0.4, -0.2) is 29.7 Å². The molecule has 0 atom stereocenters. The van der Waals surface area contributed by atoms with Crippen molar-refractivity contribution in [1.82, 2.24) is 4.90 Å². The van der Waals surface area contributed by atoms with Crippen LogP contribution in [0.2, 0.25) is 10.0 Å². The summed E-state index contributed by atoms with van der Waals surface area (Å²) in [5.41, 5.74) is 0.381. The molecule has 116 valence electrons. The number of nitrogens with zero attached hydrogens (tertiary/aromatic N) is 1. The number of hydrogen-bond donors (Lipinski definition) is 0. The largest absolute Gasteiger partial charge is 0.444 e. The molecule has 0 unspecified atom stereocenters. The van der Waals surface area contributed by atoms with E-state index in [9.17, 15) is 4.79 Å². The first-order chi connectivity index (χ1) is 9.74. The lowest BCUT2D eigenvalue weighted by Gasteiger charge is -2.26. The van der Waals surface area contributed by atoms with E-state index in [4.69, 9.17) is 27.9 Å². The van der Waals surface area contributed by atoms with Gasteiger partial charge in [0.15, 0.2) is 0 Å². The summed E-state index contributed by atoms with van der Waals surface area (Å²) in [7, 11) is 0. The number of ether oxygens (including phenoxy) is 1. The van der Waals surface area contributed by atoms with Crippen LogP contribution in [0.25, 0.3) is 0 Å². The summed E-state index contributed by atoms with van der Waals surface area (Å²) in [6, 6.07) is 5.48. The fourth-order valence-corrected chi connectivity index (χ4v) is 2.15. The van der Waals surface area contributed by atoms with Crippen LogP contribution in [-0.2, 0) is 11.2 Å². The lowest BCUT2D eigenvalue weighted by Crippen LogP contribution is -2.38. The van der Waals surface area contributed by atoms with E-state index in [1.54, 1.807) is 17.0 Å². The van der Waals surface area contributed by atoms with Crippen molar-refractivity contribution >= 4 is 29.3 Å². The second kappa shape index (κ2) is 7.71. The fourth-order valence-electron chi connectivity index (χ4n) is 1.74. The highest BCUT2D eigenvalue weighted by Gasteiger charge is 2.21. The maximum Gasteiger partial charge on any atom is 0.410 e. The highest BCUT2D eigenvalue weighted by molar-refractivity contribution is 6.42. The Hall–Kier alpha value is -1.19. The Kier molecular flexibility index (Phi) is 6.56. The zero-order valence-corrected chi connectivity index (χ0v) is 14.2. The van der Waals surface area contributed by atoms with Crippen LogP contribution in [0.15, 0.2) is 30.9 Å². The summed E-state index contributed by atoms with van der Waals surface area (Å²) >= 11 is 12.1. The number of amides is 1. The van der Waals surface area contributed by atoms with E-state index < -0.39 is 5.60 Å². The van der Waals surface area contributed by atoms with Gasteiger partial charge in [-0.1, -0.05) is 41.4 Å². The highest BCUT2D eigenvalue weighted by atomic mass is 35.5. The third-order valence-electron chi connectivity index (χ3n) is 2.68. The van der Waals surface area contributed by atoms with E-state index in [1.807, 2.05) is 32.9 Å². The fraction of sp³-hybridized carbons (Fsp3) is 0.438. The highest BCUT2D eigenvalue weighted by Crippen LogP contribution is 2.26. The summed E-state index contributed by atoms with van der Waals surface area (Å²) < 4.78 is 5.37. The molecule has 0 spiro atoms. The van der Waals surface area contributed by atoms with Gasteiger partial charge >= 0.3 is 6.09 Å². The first-order valence-electron chi connectivity index (χ1n) is 6.76. The molecule has 21 heavy (non-hydrogen) atoms. The number of carbonyl (C=O) groups is 1. The molecule has 5 heteroatoms. The molecule has 0 N–H and O–H groups in total. The van der Waals surface area contributed by atoms with Gasteiger partial charge in [-0.05, 0) is 38.8 Å². The quantitative estimate of drug-likeness (QED) is 0.714. The number of hydrogen-bond acceptors (Lipinski definition) is 2. The average molecular weight is 330 g/mol. The Morgan fingerprint density at radius 2 is 2.05 bits per heavy atom. The SMILES string of the molecule is C=CCN(CCc1cccc(Cl)c1Cl)C(=O)OC(C)(C)C. The monoisotopic (exact) mass is 329 g/mol. The summed E-state index contributed by atoms with van der Waals surface area (Å²) in [5.74, 6) is 0. The molecular weight excluding hydrogens is 309 g/mol. The smallest absolute Gasteiger partial charge is 0.410 e. The van der Waals surface area contributed by atoms with Crippen molar-refractivity contribution in [3.63, 3.8) is 0 Å². The van der Waals surface area contributed by atoms with Gasteiger partial charge in [-0.3, -0.25) is 0 Å². The summed E-state index contributed by atoms with van der Waals surface area (Å²) in [5, 5.41) is 1.05. The van der Waals surface area contributed by atoms with Crippen molar-refractivity contribution in [2.24, 2.45) is 0 Å². The van der Waals surface area contributed by atoms with Gasteiger partial charge in [0.25, 0.3) is 0 Å². The zero-order chi connectivity index (χ0) is 16.0. The van der Waals surface area contributed by atoms with Crippen LogP contribution >= 0.6 is 23.2 Å². The predicted molar refractivity (Wildman–Crippen MR) is 88.2 cm³/mol. The number of carbonyl (C=O) groups excluding carboxylic acids is 1. The topological polar surface area (TPSA) is 29.5 Å². The molecule has 1 aromatic rings. The maximum absolute atomic E-state index is 12.1. The van der Waals surface area contributed by atoms with E-state index in [2.05, 4.69) is 6.58 Å². The number of benzene rings is 1. The average Bonchev–Trinajstić information content (AvgIpc) is 2.36. The molecule has 0 radical (unpaired) electrons. The molecule has 0 heterocycles. The Labute approximate surface area is 136 Å².